The van der Waals surface area contributed by atoms with Crippen molar-refractivity contribution in [3.63, 3.8) is 0 Å². The van der Waals surface area contributed by atoms with E-state index in [1.54, 1.807) is 37.4 Å². The van der Waals surface area contributed by atoms with E-state index >= 15 is 0 Å². The van der Waals surface area contributed by atoms with E-state index in [0.717, 1.165) is 0 Å². The van der Waals surface area contributed by atoms with Crippen molar-refractivity contribution in [3.05, 3.63) is 47.7 Å². The first-order valence-corrected chi connectivity index (χ1v) is 8.21. The zero-order valence-corrected chi connectivity index (χ0v) is 14.9. The van der Waals surface area contributed by atoms with Crippen LogP contribution in [-0.2, 0) is 4.79 Å². The van der Waals surface area contributed by atoms with E-state index in [9.17, 15) is 19.8 Å². The van der Waals surface area contributed by atoms with Crippen LogP contribution >= 0.6 is 0 Å². The minimum absolute atomic E-state index is 0.241. The van der Waals surface area contributed by atoms with Crippen LogP contribution in [0, 0.1) is 11.8 Å². The van der Waals surface area contributed by atoms with Gasteiger partial charge in [-0.25, -0.2) is 4.98 Å². The van der Waals surface area contributed by atoms with Crippen LogP contribution in [-0.4, -0.2) is 53.2 Å². The molecule has 1 aromatic carbocycles. The molecule has 0 unspecified atom stereocenters. The molecule has 0 radical (unpaired) electrons. The molecule has 1 amide bonds. The molecule has 1 N–H and O–H groups in total. The lowest BCUT2D eigenvalue weighted by atomic mass is 10.0. The van der Waals surface area contributed by atoms with Gasteiger partial charge in [0, 0.05) is 43.3 Å². The summed E-state index contributed by atoms with van der Waals surface area (Å²) in [6.45, 7) is 0.448. The minimum Gasteiger partial charge on any atom is -0.543 e. The second-order valence-electron chi connectivity index (χ2n) is 6.23. The number of aromatic carboxylic acids is 1. The molecule has 2 heterocycles. The standard InChI is InChI=1S/C20H18N2O5/c1-22-9-8-20(26,19(22)25)7-6-13-4-3-5-14(10-13)16-11-15(27-2)12-17(21-16)18(23)24/h3-5,10-12,26H,8-9H2,1-2H3,(H,23,24)/p-1/t20-/m0/s1. The molecule has 7 heteroatoms. The van der Waals surface area contributed by atoms with Crippen molar-refractivity contribution in [3.8, 4) is 28.8 Å². The van der Waals surface area contributed by atoms with Gasteiger partial charge in [0.1, 0.15) is 5.75 Å². The van der Waals surface area contributed by atoms with Crippen LogP contribution in [0.3, 0.4) is 0 Å². The highest BCUT2D eigenvalue weighted by Crippen LogP contribution is 2.24. The number of ether oxygens (including phenoxy) is 1. The van der Waals surface area contributed by atoms with Gasteiger partial charge in [0.25, 0.3) is 5.91 Å². The second kappa shape index (κ2) is 7.09. The van der Waals surface area contributed by atoms with Crippen LogP contribution in [0.1, 0.15) is 22.5 Å². The summed E-state index contributed by atoms with van der Waals surface area (Å²) in [4.78, 5) is 28.6. The first-order chi connectivity index (χ1) is 12.8. The fourth-order valence-corrected chi connectivity index (χ4v) is 2.78. The Balaban J connectivity index is 1.96. The number of rotatable bonds is 3. The van der Waals surface area contributed by atoms with Crippen LogP contribution in [0.5, 0.6) is 5.75 Å². The van der Waals surface area contributed by atoms with Crippen molar-refractivity contribution in [2.24, 2.45) is 0 Å². The molecule has 3 rings (SSSR count). The predicted molar refractivity (Wildman–Crippen MR) is 94.6 cm³/mol. The van der Waals surface area contributed by atoms with Crippen molar-refractivity contribution in [1.29, 1.82) is 0 Å². The predicted octanol–water partition coefficient (Wildman–Crippen LogP) is 0.0654. The summed E-state index contributed by atoms with van der Waals surface area (Å²) in [7, 11) is 3.04. The van der Waals surface area contributed by atoms with Gasteiger partial charge in [0.05, 0.1) is 24.5 Å². The van der Waals surface area contributed by atoms with Gasteiger partial charge in [-0.2, -0.15) is 0 Å². The van der Waals surface area contributed by atoms with Gasteiger partial charge < -0.3 is 24.6 Å². The lowest BCUT2D eigenvalue weighted by Crippen LogP contribution is -2.37. The molecular formula is C20H17N2O5-. The summed E-state index contributed by atoms with van der Waals surface area (Å²) in [5.41, 5.74) is -0.364. The Morgan fingerprint density at radius 3 is 2.78 bits per heavy atom. The zero-order chi connectivity index (χ0) is 19.6. The summed E-state index contributed by atoms with van der Waals surface area (Å²) in [5.74, 6) is 3.98. The Morgan fingerprint density at radius 2 is 2.15 bits per heavy atom. The Morgan fingerprint density at radius 1 is 1.37 bits per heavy atom. The van der Waals surface area contributed by atoms with Crippen LogP contribution in [0.15, 0.2) is 36.4 Å². The van der Waals surface area contributed by atoms with Crippen molar-refractivity contribution in [1.82, 2.24) is 9.88 Å². The molecule has 0 bridgehead atoms. The number of likely N-dealkylation sites (tertiary alicyclic amines) is 1. The Hall–Kier alpha value is -3.37. The minimum atomic E-state index is -1.68. The van der Waals surface area contributed by atoms with E-state index in [0.29, 0.717) is 29.1 Å². The monoisotopic (exact) mass is 365 g/mol. The highest BCUT2D eigenvalue weighted by molar-refractivity contribution is 5.90. The molecule has 2 aromatic rings. The molecular weight excluding hydrogens is 348 g/mol. The molecule has 1 atom stereocenters. The number of carboxylic acid groups (broad SMARTS) is 1. The van der Waals surface area contributed by atoms with Gasteiger partial charge in [-0.05, 0) is 12.1 Å². The molecule has 0 saturated carbocycles. The number of hydrogen-bond acceptors (Lipinski definition) is 6. The largest absolute Gasteiger partial charge is 0.543 e. The van der Waals surface area contributed by atoms with Gasteiger partial charge in [0.15, 0.2) is 0 Å². The Bertz CT molecular complexity index is 976. The average molecular weight is 365 g/mol. The number of carbonyl (C=O) groups is 2. The van der Waals surface area contributed by atoms with Crippen molar-refractivity contribution in [2.75, 3.05) is 20.7 Å². The molecule has 1 aromatic heterocycles. The Labute approximate surface area is 156 Å². The maximum atomic E-state index is 12.0. The third kappa shape index (κ3) is 3.76. The van der Waals surface area contributed by atoms with E-state index in [1.165, 1.54) is 18.1 Å². The summed E-state index contributed by atoms with van der Waals surface area (Å²) >= 11 is 0. The third-order valence-corrected chi connectivity index (χ3v) is 4.33. The molecule has 0 aliphatic carbocycles. The number of likely N-dealkylation sites (N-methyl/N-ethyl adjacent to an activating group) is 1. The van der Waals surface area contributed by atoms with Crippen LogP contribution in [0.25, 0.3) is 11.3 Å². The fraction of sp³-hybridized carbons (Fsp3) is 0.250. The maximum absolute atomic E-state index is 12.0. The summed E-state index contributed by atoms with van der Waals surface area (Å²) in [6.07, 6.45) is 0.251. The number of pyridine rings is 1. The number of hydrogen-bond donors (Lipinski definition) is 1. The van der Waals surface area contributed by atoms with Crippen molar-refractivity contribution in [2.45, 2.75) is 12.0 Å². The first kappa shape index (κ1) is 18.4. The number of carboxylic acids is 1. The number of nitrogens with zero attached hydrogens (tertiary/aromatic N) is 2. The SMILES string of the molecule is COc1cc(C(=O)[O-])nc(-c2cccc(C#C[C@]3(O)CCN(C)C3=O)c2)c1. The van der Waals surface area contributed by atoms with Gasteiger partial charge >= 0.3 is 0 Å². The van der Waals surface area contributed by atoms with Gasteiger partial charge in [0.2, 0.25) is 5.60 Å². The zero-order valence-electron chi connectivity index (χ0n) is 14.9. The molecule has 27 heavy (non-hydrogen) atoms. The van der Waals surface area contributed by atoms with Gasteiger partial charge in [-0.3, -0.25) is 4.79 Å². The van der Waals surface area contributed by atoms with Gasteiger partial charge in [-0.1, -0.05) is 24.0 Å². The molecule has 7 nitrogen and oxygen atoms in total. The number of aromatic nitrogens is 1. The highest BCUT2D eigenvalue weighted by Gasteiger charge is 2.42. The summed E-state index contributed by atoms with van der Waals surface area (Å²) in [6, 6.07) is 9.77. The van der Waals surface area contributed by atoms with E-state index in [1.807, 2.05) is 0 Å². The number of benzene rings is 1. The quantitative estimate of drug-likeness (QED) is 0.772. The first-order valence-electron chi connectivity index (χ1n) is 8.21. The van der Waals surface area contributed by atoms with Gasteiger partial charge in [-0.15, -0.1) is 0 Å². The summed E-state index contributed by atoms with van der Waals surface area (Å²) in [5, 5.41) is 21.5. The normalized spacial score (nSPS) is 18.8. The topological polar surface area (TPSA) is 103 Å². The van der Waals surface area contributed by atoms with E-state index in [4.69, 9.17) is 4.74 Å². The van der Waals surface area contributed by atoms with E-state index in [-0.39, 0.29) is 12.1 Å². The van der Waals surface area contributed by atoms with E-state index in [2.05, 4.69) is 16.8 Å². The molecule has 1 aliphatic rings. The van der Waals surface area contributed by atoms with Crippen LogP contribution in [0.2, 0.25) is 0 Å². The van der Waals surface area contributed by atoms with Crippen LogP contribution < -0.4 is 9.84 Å². The van der Waals surface area contributed by atoms with Crippen molar-refractivity contribution < 1.29 is 24.5 Å². The molecule has 138 valence electrons. The number of carbonyl (C=O) groups excluding carboxylic acids is 2. The molecule has 0 spiro atoms. The molecule has 1 fully saturated rings. The van der Waals surface area contributed by atoms with E-state index < -0.39 is 17.5 Å². The lowest BCUT2D eigenvalue weighted by molar-refractivity contribution is -0.255. The smallest absolute Gasteiger partial charge is 0.267 e. The van der Waals surface area contributed by atoms with Crippen LogP contribution in [0.4, 0.5) is 0 Å². The molecule has 1 saturated heterocycles. The number of aliphatic hydroxyl groups is 1. The maximum Gasteiger partial charge on any atom is 0.267 e. The number of amides is 1. The summed E-state index contributed by atoms with van der Waals surface area (Å²) < 4.78 is 5.11. The highest BCUT2D eigenvalue weighted by atomic mass is 16.5. The number of methoxy groups -OCH3 is 1. The molecule has 1 aliphatic heterocycles. The third-order valence-electron chi connectivity index (χ3n) is 4.33. The fourth-order valence-electron chi connectivity index (χ4n) is 2.78. The van der Waals surface area contributed by atoms with Crippen molar-refractivity contribution >= 4 is 11.9 Å². The second-order valence-corrected chi connectivity index (χ2v) is 6.23. The lowest BCUT2D eigenvalue weighted by Gasteiger charge is -2.13. The Kier molecular flexibility index (Phi) is 4.84. The average Bonchev–Trinajstić information content (AvgIpc) is 2.94.